The lowest BCUT2D eigenvalue weighted by Crippen LogP contribution is -2.20. The molecule has 10 nitrogen and oxygen atoms in total. The minimum atomic E-state index is -0.313. The van der Waals surface area contributed by atoms with Crippen molar-refractivity contribution < 1.29 is 9.59 Å². The predicted molar refractivity (Wildman–Crippen MR) is 112 cm³/mol. The Hall–Kier alpha value is -3.37. The Morgan fingerprint density at radius 3 is 2.69 bits per heavy atom. The third-order valence-corrected chi connectivity index (χ3v) is 3.99. The van der Waals surface area contributed by atoms with Gasteiger partial charge in [0.2, 0.25) is 5.95 Å². The molecule has 0 saturated heterocycles. The van der Waals surface area contributed by atoms with Gasteiger partial charge in [0.25, 0.3) is 5.91 Å². The van der Waals surface area contributed by atoms with Gasteiger partial charge in [0.1, 0.15) is 11.2 Å². The summed E-state index contributed by atoms with van der Waals surface area (Å²) in [6, 6.07) is 3.36. The van der Waals surface area contributed by atoms with E-state index < -0.39 is 0 Å². The Kier molecular flexibility index (Phi) is 7.75. The molecule has 5 N–H and O–H groups in total. The van der Waals surface area contributed by atoms with E-state index in [0.29, 0.717) is 54.3 Å². The summed E-state index contributed by atoms with van der Waals surface area (Å²) in [5.41, 5.74) is 12.7. The summed E-state index contributed by atoms with van der Waals surface area (Å²) in [5.74, 6) is 0.0288. The summed E-state index contributed by atoms with van der Waals surface area (Å²) in [7, 11) is 1.50. The van der Waals surface area contributed by atoms with E-state index in [1.807, 2.05) is 26.0 Å². The van der Waals surface area contributed by atoms with E-state index in [-0.39, 0.29) is 5.91 Å². The first-order chi connectivity index (χ1) is 14.1. The number of amides is 1. The molecule has 0 atom stereocenters. The molecule has 3 aromatic heterocycles. The smallest absolute Gasteiger partial charge is 0.276 e. The highest BCUT2D eigenvalue weighted by atomic mass is 16.2. The molecule has 0 unspecified atom stereocenters. The third-order valence-electron chi connectivity index (χ3n) is 3.99. The molecule has 0 bridgehead atoms. The molecule has 3 heterocycles. The predicted octanol–water partition coefficient (Wildman–Crippen LogP) is 1.11. The van der Waals surface area contributed by atoms with Gasteiger partial charge in [-0.3, -0.25) is 24.2 Å². The lowest BCUT2D eigenvalue weighted by molar-refractivity contribution is 0.101. The van der Waals surface area contributed by atoms with E-state index in [2.05, 4.69) is 26.1 Å². The van der Waals surface area contributed by atoms with Crippen molar-refractivity contribution in [1.29, 1.82) is 0 Å². The highest BCUT2D eigenvalue weighted by Crippen LogP contribution is 2.20. The van der Waals surface area contributed by atoms with Crippen LogP contribution in [-0.4, -0.2) is 50.1 Å². The Morgan fingerprint density at radius 1 is 1.28 bits per heavy atom. The van der Waals surface area contributed by atoms with E-state index in [1.165, 1.54) is 13.2 Å². The summed E-state index contributed by atoms with van der Waals surface area (Å²) >= 11 is 0. The number of hydrogen-bond donors (Lipinski definition) is 3. The zero-order valence-corrected chi connectivity index (χ0v) is 16.8. The highest BCUT2D eigenvalue weighted by molar-refractivity contribution is 6.03. The zero-order chi connectivity index (χ0) is 21.4. The van der Waals surface area contributed by atoms with Gasteiger partial charge in [-0.05, 0) is 33.0 Å². The van der Waals surface area contributed by atoms with Crippen LogP contribution >= 0.6 is 0 Å². The number of rotatable bonds is 7. The van der Waals surface area contributed by atoms with E-state index >= 15 is 0 Å². The number of hydrogen-bond acceptors (Lipinski definition) is 7. The number of anilines is 1. The van der Waals surface area contributed by atoms with Crippen LogP contribution in [0.1, 0.15) is 33.5 Å². The molecular formula is C19H26N8O2. The molecule has 0 spiro atoms. The molecule has 0 aliphatic rings. The summed E-state index contributed by atoms with van der Waals surface area (Å²) in [4.78, 5) is 32.5. The van der Waals surface area contributed by atoms with Crippen LogP contribution < -0.4 is 16.8 Å². The Morgan fingerprint density at radius 2 is 2.03 bits per heavy atom. The van der Waals surface area contributed by atoms with Crippen molar-refractivity contribution in [2.45, 2.75) is 26.9 Å². The van der Waals surface area contributed by atoms with Crippen molar-refractivity contribution in [1.82, 2.24) is 24.3 Å². The van der Waals surface area contributed by atoms with Gasteiger partial charge in [0.05, 0.1) is 5.69 Å². The number of carbonyl (C=O) groups is 2. The second-order valence-corrected chi connectivity index (χ2v) is 5.92. The van der Waals surface area contributed by atoms with E-state index in [9.17, 15) is 9.59 Å². The molecule has 1 amide bonds. The van der Waals surface area contributed by atoms with Crippen molar-refractivity contribution in [3.05, 3.63) is 47.4 Å². The molecule has 3 aromatic rings. The molecular weight excluding hydrogens is 372 g/mol. The Labute approximate surface area is 168 Å². The maximum absolute atomic E-state index is 12.7. The monoisotopic (exact) mass is 398 g/mol. The topological polar surface area (TPSA) is 147 Å². The number of allylic oxidation sites excluding steroid dienone is 1. The molecule has 10 heteroatoms. The Bertz CT molecular complexity index is 1020. The standard InChI is InChI=1S/C18H21N7O2.CH5N/c1-3-25-15(8-12(2)23-25)17(27)22-18-21-14-9-13(11-26)10-20-16(14)24(18)7-5-4-6-19;1-2/h4-5,8-11H,3,6-7,19H2,1-2H3,(H,21,22,27);2H2,1H3/b5-4+;. The molecule has 0 radical (unpaired) electrons. The van der Waals surface area contributed by atoms with Crippen LogP contribution in [0.2, 0.25) is 0 Å². The lowest BCUT2D eigenvalue weighted by Gasteiger charge is -2.08. The number of nitrogens with one attached hydrogen (secondary N) is 1. The number of nitrogens with two attached hydrogens (primary N) is 2. The van der Waals surface area contributed by atoms with Crippen LogP contribution in [0.25, 0.3) is 11.2 Å². The van der Waals surface area contributed by atoms with Gasteiger partial charge in [-0.2, -0.15) is 5.10 Å². The molecule has 0 saturated carbocycles. The molecule has 29 heavy (non-hydrogen) atoms. The maximum atomic E-state index is 12.7. The average molecular weight is 398 g/mol. The average Bonchev–Trinajstić information content (AvgIpc) is 3.29. The number of aryl methyl sites for hydroxylation is 2. The van der Waals surface area contributed by atoms with Crippen molar-refractivity contribution in [2.75, 3.05) is 18.9 Å². The number of aromatic nitrogens is 5. The summed E-state index contributed by atoms with van der Waals surface area (Å²) in [5, 5.41) is 7.12. The van der Waals surface area contributed by atoms with Gasteiger partial charge in [-0.15, -0.1) is 0 Å². The van der Waals surface area contributed by atoms with Crippen LogP contribution in [0.4, 0.5) is 5.95 Å². The molecule has 0 fully saturated rings. The second kappa shape index (κ2) is 10.2. The fraction of sp³-hybridized carbons (Fsp3) is 0.316. The van der Waals surface area contributed by atoms with Crippen LogP contribution in [0, 0.1) is 6.92 Å². The normalized spacial score (nSPS) is 10.8. The minimum absolute atomic E-state index is 0.313. The SMILES string of the molecule is CCn1nc(C)cc1C(=O)Nc1nc2cc(C=O)cnc2n1C/C=C/CN.CN. The summed E-state index contributed by atoms with van der Waals surface area (Å²) < 4.78 is 3.39. The summed E-state index contributed by atoms with van der Waals surface area (Å²) in [6.07, 6.45) is 5.86. The van der Waals surface area contributed by atoms with Gasteiger partial charge < -0.3 is 11.5 Å². The first kappa shape index (κ1) is 21.9. The van der Waals surface area contributed by atoms with E-state index in [0.717, 1.165) is 5.69 Å². The molecule has 0 aliphatic carbocycles. The lowest BCUT2D eigenvalue weighted by atomic mass is 10.3. The van der Waals surface area contributed by atoms with Crippen molar-refractivity contribution in [2.24, 2.45) is 11.5 Å². The van der Waals surface area contributed by atoms with E-state index in [4.69, 9.17) is 5.73 Å². The first-order valence-electron chi connectivity index (χ1n) is 9.17. The van der Waals surface area contributed by atoms with Gasteiger partial charge in [-0.25, -0.2) is 9.97 Å². The van der Waals surface area contributed by atoms with Gasteiger partial charge in [0, 0.05) is 31.4 Å². The molecule has 154 valence electrons. The highest BCUT2D eigenvalue weighted by Gasteiger charge is 2.18. The number of imidazole rings is 1. The second-order valence-electron chi connectivity index (χ2n) is 5.92. The van der Waals surface area contributed by atoms with Crippen molar-refractivity contribution >= 4 is 29.3 Å². The van der Waals surface area contributed by atoms with Crippen molar-refractivity contribution in [3.63, 3.8) is 0 Å². The van der Waals surface area contributed by atoms with Crippen LogP contribution in [0.5, 0.6) is 0 Å². The van der Waals surface area contributed by atoms with Crippen LogP contribution in [0.15, 0.2) is 30.5 Å². The Balaban J connectivity index is 0.00000145. The molecule has 0 aromatic carbocycles. The van der Waals surface area contributed by atoms with Gasteiger partial charge >= 0.3 is 0 Å². The maximum Gasteiger partial charge on any atom is 0.276 e. The number of fused-ring (bicyclic) bond motifs is 1. The first-order valence-corrected chi connectivity index (χ1v) is 9.17. The zero-order valence-electron chi connectivity index (χ0n) is 16.8. The van der Waals surface area contributed by atoms with Gasteiger partial charge in [-0.1, -0.05) is 12.2 Å². The van der Waals surface area contributed by atoms with Gasteiger partial charge in [0.15, 0.2) is 11.9 Å². The number of aldehydes is 1. The summed E-state index contributed by atoms with van der Waals surface area (Å²) in [6.45, 7) is 5.17. The quantitative estimate of drug-likeness (QED) is 0.399. The fourth-order valence-corrected chi connectivity index (χ4v) is 2.77. The number of nitrogens with zero attached hydrogens (tertiary/aromatic N) is 5. The van der Waals surface area contributed by atoms with Crippen LogP contribution in [-0.2, 0) is 13.1 Å². The third kappa shape index (κ3) is 4.92. The molecule has 3 rings (SSSR count). The molecule has 0 aliphatic heterocycles. The fourth-order valence-electron chi connectivity index (χ4n) is 2.77. The minimum Gasteiger partial charge on any atom is -0.333 e. The van der Waals surface area contributed by atoms with E-state index in [1.54, 1.807) is 21.4 Å². The number of pyridine rings is 1. The van der Waals surface area contributed by atoms with Crippen LogP contribution in [0.3, 0.4) is 0 Å². The van der Waals surface area contributed by atoms with Crippen molar-refractivity contribution in [3.8, 4) is 0 Å². The largest absolute Gasteiger partial charge is 0.333 e. The number of carbonyl (C=O) groups excluding carboxylic acids is 2.